The Bertz CT molecular complexity index is 819. The van der Waals surface area contributed by atoms with Gasteiger partial charge in [0.25, 0.3) is 0 Å². The number of nitrogens with zero attached hydrogens (tertiary/aromatic N) is 1. The van der Waals surface area contributed by atoms with Crippen LogP contribution < -0.4 is 0 Å². The van der Waals surface area contributed by atoms with Gasteiger partial charge in [-0.2, -0.15) is 0 Å². The third kappa shape index (κ3) is 3.23. The van der Waals surface area contributed by atoms with Crippen molar-refractivity contribution in [1.82, 2.24) is 0 Å². The van der Waals surface area contributed by atoms with Crippen LogP contribution in [0.4, 0.5) is 0 Å². The van der Waals surface area contributed by atoms with Crippen molar-refractivity contribution in [3.63, 3.8) is 0 Å². The summed E-state index contributed by atoms with van der Waals surface area (Å²) in [5.41, 5.74) is 2.27. The van der Waals surface area contributed by atoms with Gasteiger partial charge in [-0.3, -0.25) is 4.99 Å². The Kier molecular flexibility index (Phi) is 4.30. The van der Waals surface area contributed by atoms with Gasteiger partial charge < -0.3 is 5.11 Å². The number of allylic oxidation sites excluding steroid dienone is 1. The van der Waals surface area contributed by atoms with E-state index in [1.165, 1.54) is 5.56 Å². The van der Waals surface area contributed by atoms with Gasteiger partial charge in [0.05, 0.1) is 6.54 Å². The van der Waals surface area contributed by atoms with E-state index in [9.17, 15) is 5.11 Å². The molecule has 0 amide bonds. The molecule has 3 aromatic rings. The molecule has 3 aromatic carbocycles. The van der Waals surface area contributed by atoms with Gasteiger partial charge in [0.15, 0.2) is 0 Å². The number of phenols is 1. The average Bonchev–Trinajstić information content (AvgIpc) is 2.58. The van der Waals surface area contributed by atoms with Crippen molar-refractivity contribution in [1.29, 1.82) is 0 Å². The van der Waals surface area contributed by atoms with Crippen LogP contribution in [-0.4, -0.2) is 11.3 Å². The second-order valence-electron chi connectivity index (χ2n) is 5.05. The van der Waals surface area contributed by atoms with Crippen molar-refractivity contribution in [3.05, 3.63) is 83.9 Å². The number of hydrogen-bond acceptors (Lipinski definition) is 2. The fourth-order valence-corrected chi connectivity index (χ4v) is 2.40. The van der Waals surface area contributed by atoms with Gasteiger partial charge >= 0.3 is 0 Å². The first-order chi connectivity index (χ1) is 10.8. The molecule has 0 heterocycles. The minimum absolute atomic E-state index is 0.311. The highest BCUT2D eigenvalue weighted by Gasteiger charge is 2.01. The molecule has 0 fully saturated rings. The lowest BCUT2D eigenvalue weighted by Gasteiger charge is -2.03. The molecule has 0 aromatic heterocycles. The van der Waals surface area contributed by atoms with Crippen LogP contribution in [0.5, 0.6) is 5.75 Å². The van der Waals surface area contributed by atoms with Crippen LogP contribution >= 0.6 is 0 Å². The van der Waals surface area contributed by atoms with E-state index in [1.807, 2.05) is 66.9 Å². The fraction of sp³-hybridized carbons (Fsp3) is 0.0500. The summed E-state index contributed by atoms with van der Waals surface area (Å²) in [6.45, 7) is 0.682. The molecule has 0 saturated heterocycles. The topological polar surface area (TPSA) is 32.6 Å². The highest BCUT2D eigenvalue weighted by atomic mass is 16.3. The smallest absolute Gasteiger partial charge is 0.123 e. The molecule has 0 atom stereocenters. The molecule has 0 bridgehead atoms. The Morgan fingerprint density at radius 3 is 2.36 bits per heavy atom. The zero-order valence-corrected chi connectivity index (χ0v) is 12.2. The molecule has 0 aliphatic heterocycles. The predicted molar refractivity (Wildman–Crippen MR) is 93.3 cm³/mol. The van der Waals surface area contributed by atoms with Gasteiger partial charge in [0.2, 0.25) is 0 Å². The van der Waals surface area contributed by atoms with Crippen LogP contribution in [0.2, 0.25) is 0 Å². The molecular weight excluding hydrogens is 270 g/mol. The van der Waals surface area contributed by atoms with E-state index < -0.39 is 0 Å². The van der Waals surface area contributed by atoms with Gasteiger partial charge in [-0.1, -0.05) is 66.7 Å². The molecule has 0 radical (unpaired) electrons. The van der Waals surface area contributed by atoms with Gasteiger partial charge in [-0.25, -0.2) is 0 Å². The summed E-state index contributed by atoms with van der Waals surface area (Å²) < 4.78 is 0. The summed E-state index contributed by atoms with van der Waals surface area (Å²) in [7, 11) is 0. The Morgan fingerprint density at radius 1 is 0.818 bits per heavy atom. The third-order valence-corrected chi connectivity index (χ3v) is 3.52. The molecule has 0 spiro atoms. The zero-order chi connectivity index (χ0) is 15.2. The molecule has 2 nitrogen and oxygen atoms in total. The highest BCUT2D eigenvalue weighted by Crippen LogP contribution is 2.27. The number of rotatable bonds is 4. The molecule has 0 unspecified atom stereocenters. The second kappa shape index (κ2) is 6.72. The summed E-state index contributed by atoms with van der Waals surface area (Å²) in [6.07, 6.45) is 5.76. The van der Waals surface area contributed by atoms with Crippen molar-refractivity contribution in [3.8, 4) is 5.75 Å². The lowest BCUT2D eigenvalue weighted by Crippen LogP contribution is -1.81. The lowest BCUT2D eigenvalue weighted by atomic mass is 10.0. The first kappa shape index (κ1) is 14.1. The minimum atomic E-state index is 0.311. The Labute approximate surface area is 130 Å². The van der Waals surface area contributed by atoms with Crippen molar-refractivity contribution in [2.75, 3.05) is 0 Å². The molecule has 1 N–H and O–H groups in total. The molecule has 0 aliphatic rings. The third-order valence-electron chi connectivity index (χ3n) is 3.52. The molecule has 0 saturated carbocycles. The largest absolute Gasteiger partial charge is 0.507 e. The van der Waals surface area contributed by atoms with E-state index in [-0.39, 0.29) is 0 Å². The van der Waals surface area contributed by atoms with Crippen LogP contribution in [-0.2, 0) is 6.54 Å². The van der Waals surface area contributed by atoms with E-state index in [4.69, 9.17) is 0 Å². The highest BCUT2D eigenvalue weighted by molar-refractivity contribution is 5.96. The fourth-order valence-electron chi connectivity index (χ4n) is 2.40. The maximum Gasteiger partial charge on any atom is 0.123 e. The van der Waals surface area contributed by atoms with Gasteiger partial charge in [0.1, 0.15) is 5.75 Å². The van der Waals surface area contributed by atoms with E-state index >= 15 is 0 Å². The summed E-state index contributed by atoms with van der Waals surface area (Å²) in [6, 6.07) is 21.6. The maximum absolute atomic E-state index is 9.88. The van der Waals surface area contributed by atoms with Crippen molar-refractivity contribution >= 4 is 23.1 Å². The zero-order valence-electron chi connectivity index (χ0n) is 12.2. The number of hydrogen-bond donors (Lipinski definition) is 1. The first-order valence-corrected chi connectivity index (χ1v) is 7.26. The van der Waals surface area contributed by atoms with Crippen LogP contribution in [0.1, 0.15) is 11.1 Å². The van der Waals surface area contributed by atoms with Crippen LogP contribution in [0.25, 0.3) is 16.8 Å². The number of fused-ring (bicyclic) bond motifs is 1. The molecule has 2 heteroatoms. The summed E-state index contributed by atoms with van der Waals surface area (Å²) >= 11 is 0. The number of aromatic hydroxyl groups is 1. The SMILES string of the molecule is Oc1ccc(C=CC=NCc2ccccc2)c2ccccc12. The second-order valence-corrected chi connectivity index (χ2v) is 5.05. The lowest BCUT2D eigenvalue weighted by molar-refractivity contribution is 0.481. The number of benzene rings is 3. The average molecular weight is 287 g/mol. The normalized spacial score (nSPS) is 11.6. The van der Waals surface area contributed by atoms with Gasteiger partial charge in [-0.15, -0.1) is 0 Å². The van der Waals surface area contributed by atoms with Crippen molar-refractivity contribution in [2.24, 2.45) is 4.99 Å². The Hall–Kier alpha value is -2.87. The Morgan fingerprint density at radius 2 is 1.55 bits per heavy atom. The standard InChI is InChI=1S/C20H17NO/c22-20-13-12-17(18-10-4-5-11-19(18)20)9-6-14-21-15-16-7-2-1-3-8-16/h1-14,22H,15H2. The van der Waals surface area contributed by atoms with Crippen LogP contribution in [0, 0.1) is 0 Å². The van der Waals surface area contributed by atoms with Gasteiger partial charge in [0, 0.05) is 11.6 Å². The molecule has 3 rings (SSSR count). The maximum atomic E-state index is 9.88. The monoisotopic (exact) mass is 287 g/mol. The summed E-state index contributed by atoms with van der Waals surface area (Å²) in [5.74, 6) is 0.311. The van der Waals surface area contributed by atoms with E-state index in [0.29, 0.717) is 12.3 Å². The quantitative estimate of drug-likeness (QED) is 0.685. The first-order valence-electron chi connectivity index (χ1n) is 7.26. The summed E-state index contributed by atoms with van der Waals surface area (Å²) in [4.78, 5) is 4.39. The number of aliphatic imine (C=N–C) groups is 1. The summed E-state index contributed by atoms with van der Waals surface area (Å²) in [5, 5.41) is 11.8. The molecule has 22 heavy (non-hydrogen) atoms. The Balaban J connectivity index is 1.75. The van der Waals surface area contributed by atoms with E-state index in [0.717, 1.165) is 16.3 Å². The van der Waals surface area contributed by atoms with Gasteiger partial charge in [-0.05, 0) is 28.7 Å². The number of phenolic OH excluding ortho intramolecular Hbond substituents is 1. The van der Waals surface area contributed by atoms with Crippen LogP contribution in [0.15, 0.2) is 77.8 Å². The van der Waals surface area contributed by atoms with Crippen molar-refractivity contribution in [2.45, 2.75) is 6.54 Å². The van der Waals surface area contributed by atoms with E-state index in [2.05, 4.69) is 17.1 Å². The minimum Gasteiger partial charge on any atom is -0.507 e. The molecule has 108 valence electrons. The van der Waals surface area contributed by atoms with Crippen molar-refractivity contribution < 1.29 is 5.11 Å². The molecule has 0 aliphatic carbocycles. The predicted octanol–water partition coefficient (Wildman–Crippen LogP) is 4.83. The van der Waals surface area contributed by atoms with E-state index in [1.54, 1.807) is 6.07 Å². The van der Waals surface area contributed by atoms with Crippen LogP contribution in [0.3, 0.4) is 0 Å². The molecular formula is C20H17NO.